The molecule has 1 N–H and O–H groups in total. The molecule has 0 spiro atoms. The van der Waals surface area contributed by atoms with E-state index in [9.17, 15) is 4.79 Å². The van der Waals surface area contributed by atoms with Gasteiger partial charge in [0.25, 0.3) is 0 Å². The van der Waals surface area contributed by atoms with Gasteiger partial charge < -0.3 is 5.32 Å². The van der Waals surface area contributed by atoms with Crippen LogP contribution in [0.3, 0.4) is 0 Å². The third-order valence-corrected chi connectivity index (χ3v) is 4.89. The molecule has 3 rings (SSSR count). The van der Waals surface area contributed by atoms with Gasteiger partial charge in [-0.25, -0.2) is 0 Å². The Morgan fingerprint density at radius 1 is 1.14 bits per heavy atom. The Bertz CT molecular complexity index is 663. The Labute approximate surface area is 140 Å². The van der Waals surface area contributed by atoms with Crippen LogP contribution in [0.4, 0.5) is 0 Å². The van der Waals surface area contributed by atoms with E-state index in [1.165, 1.54) is 11.1 Å². The molecule has 22 heavy (non-hydrogen) atoms. The van der Waals surface area contributed by atoms with Gasteiger partial charge in [-0.3, -0.25) is 4.79 Å². The monoisotopic (exact) mass is 357 g/mol. The maximum Gasteiger partial charge on any atom is 0.224 e. The topological polar surface area (TPSA) is 29.1 Å². The predicted molar refractivity (Wildman–Crippen MR) is 92.7 cm³/mol. The van der Waals surface area contributed by atoms with E-state index >= 15 is 0 Å². The summed E-state index contributed by atoms with van der Waals surface area (Å²) in [4.78, 5) is 12.4. The van der Waals surface area contributed by atoms with Crippen LogP contribution < -0.4 is 5.32 Å². The van der Waals surface area contributed by atoms with Gasteiger partial charge in [-0.2, -0.15) is 0 Å². The summed E-state index contributed by atoms with van der Waals surface area (Å²) in [5, 5.41) is 3.14. The van der Waals surface area contributed by atoms with E-state index in [0.717, 1.165) is 16.5 Å². The van der Waals surface area contributed by atoms with Crippen molar-refractivity contribution in [3.05, 3.63) is 69.7 Å². The van der Waals surface area contributed by atoms with Crippen molar-refractivity contribution < 1.29 is 4.79 Å². The molecule has 1 amide bonds. The summed E-state index contributed by atoms with van der Waals surface area (Å²) in [5.74, 6) is 0.661. The molecule has 0 aromatic heterocycles. The van der Waals surface area contributed by atoms with E-state index in [1.807, 2.05) is 19.1 Å². The van der Waals surface area contributed by atoms with E-state index in [4.69, 9.17) is 0 Å². The highest BCUT2D eigenvalue weighted by Gasteiger charge is 2.44. The number of amides is 1. The molecule has 2 nitrogen and oxygen atoms in total. The van der Waals surface area contributed by atoms with Crippen LogP contribution in [0.15, 0.2) is 53.0 Å². The molecule has 1 aliphatic carbocycles. The molecule has 114 valence electrons. The van der Waals surface area contributed by atoms with Crippen molar-refractivity contribution in [1.29, 1.82) is 0 Å². The standard InChI is InChI=1S/C19H20BrNO/c1-12-3-5-14(6-4-12)13(2)21-19(22)18-11-17(18)15-7-9-16(20)10-8-15/h3-10,13,17-18H,11H2,1-2H3,(H,21,22). The summed E-state index contributed by atoms with van der Waals surface area (Å²) < 4.78 is 1.07. The maximum atomic E-state index is 12.4. The lowest BCUT2D eigenvalue weighted by atomic mass is 10.1. The van der Waals surface area contributed by atoms with Gasteiger partial charge in [0.15, 0.2) is 0 Å². The first-order chi connectivity index (χ1) is 10.5. The van der Waals surface area contributed by atoms with Gasteiger partial charge in [0.1, 0.15) is 0 Å². The summed E-state index contributed by atoms with van der Waals surface area (Å²) in [6, 6.07) is 16.7. The minimum absolute atomic E-state index is 0.0549. The summed E-state index contributed by atoms with van der Waals surface area (Å²) in [6.07, 6.45) is 0.952. The second-order valence-electron chi connectivity index (χ2n) is 6.14. The summed E-state index contributed by atoms with van der Waals surface area (Å²) >= 11 is 3.44. The van der Waals surface area contributed by atoms with Crippen molar-refractivity contribution in [1.82, 2.24) is 5.32 Å². The van der Waals surface area contributed by atoms with Crippen LogP contribution in [0, 0.1) is 12.8 Å². The Hall–Kier alpha value is -1.61. The van der Waals surface area contributed by atoms with E-state index in [0.29, 0.717) is 5.92 Å². The molecule has 3 heteroatoms. The molecule has 2 aromatic carbocycles. The quantitative estimate of drug-likeness (QED) is 0.841. The number of carbonyl (C=O) groups excluding carboxylic acids is 1. The fourth-order valence-electron chi connectivity index (χ4n) is 2.82. The third kappa shape index (κ3) is 3.41. The van der Waals surface area contributed by atoms with E-state index < -0.39 is 0 Å². The largest absolute Gasteiger partial charge is 0.349 e. The van der Waals surface area contributed by atoms with Crippen molar-refractivity contribution in [2.24, 2.45) is 5.92 Å². The smallest absolute Gasteiger partial charge is 0.224 e. The molecule has 3 unspecified atom stereocenters. The van der Waals surface area contributed by atoms with Gasteiger partial charge in [-0.15, -0.1) is 0 Å². The molecule has 0 bridgehead atoms. The van der Waals surface area contributed by atoms with Crippen molar-refractivity contribution in [2.75, 3.05) is 0 Å². The zero-order valence-corrected chi connectivity index (χ0v) is 14.4. The maximum absolute atomic E-state index is 12.4. The molecule has 1 saturated carbocycles. The number of nitrogens with one attached hydrogen (secondary N) is 1. The van der Waals surface area contributed by atoms with Crippen LogP contribution in [-0.4, -0.2) is 5.91 Å². The van der Waals surface area contributed by atoms with E-state index in [2.05, 4.69) is 64.6 Å². The van der Waals surface area contributed by atoms with Crippen LogP contribution in [0.2, 0.25) is 0 Å². The lowest BCUT2D eigenvalue weighted by molar-refractivity contribution is -0.123. The minimum Gasteiger partial charge on any atom is -0.349 e. The number of hydrogen-bond acceptors (Lipinski definition) is 1. The zero-order chi connectivity index (χ0) is 15.7. The average Bonchev–Trinajstić information content (AvgIpc) is 3.29. The Morgan fingerprint density at radius 2 is 1.77 bits per heavy atom. The minimum atomic E-state index is 0.0549. The second kappa shape index (κ2) is 6.25. The van der Waals surface area contributed by atoms with Crippen molar-refractivity contribution in [3.63, 3.8) is 0 Å². The van der Waals surface area contributed by atoms with Gasteiger partial charge in [-0.05, 0) is 49.4 Å². The number of carbonyl (C=O) groups is 1. The molecule has 0 radical (unpaired) electrons. The van der Waals surface area contributed by atoms with Crippen LogP contribution in [0.25, 0.3) is 0 Å². The SMILES string of the molecule is Cc1ccc(C(C)NC(=O)C2CC2c2ccc(Br)cc2)cc1. The van der Waals surface area contributed by atoms with Crippen LogP contribution in [0.5, 0.6) is 0 Å². The number of hydrogen-bond donors (Lipinski definition) is 1. The highest BCUT2D eigenvalue weighted by atomic mass is 79.9. The Balaban J connectivity index is 1.59. The molecule has 2 aromatic rings. The zero-order valence-electron chi connectivity index (χ0n) is 12.8. The van der Waals surface area contributed by atoms with Gasteiger partial charge in [0, 0.05) is 10.4 Å². The summed E-state index contributed by atoms with van der Waals surface area (Å²) in [5.41, 5.74) is 3.64. The van der Waals surface area contributed by atoms with Crippen molar-refractivity contribution >= 4 is 21.8 Å². The number of benzene rings is 2. The molecule has 1 fully saturated rings. The summed E-state index contributed by atoms with van der Waals surface area (Å²) in [7, 11) is 0. The Morgan fingerprint density at radius 3 is 2.41 bits per heavy atom. The molecule has 0 heterocycles. The first-order valence-electron chi connectivity index (χ1n) is 7.67. The van der Waals surface area contributed by atoms with Crippen LogP contribution in [-0.2, 0) is 4.79 Å². The second-order valence-corrected chi connectivity index (χ2v) is 7.06. The molecular formula is C19H20BrNO. The van der Waals surface area contributed by atoms with Crippen LogP contribution in [0.1, 0.15) is 42.0 Å². The Kier molecular flexibility index (Phi) is 4.34. The normalized spacial score (nSPS) is 21.2. The molecule has 3 atom stereocenters. The molecule has 0 saturated heterocycles. The van der Waals surface area contributed by atoms with E-state index in [-0.39, 0.29) is 17.9 Å². The first-order valence-corrected chi connectivity index (χ1v) is 8.46. The van der Waals surface area contributed by atoms with Gasteiger partial charge in [-0.1, -0.05) is 57.9 Å². The number of halogens is 1. The lowest BCUT2D eigenvalue weighted by Gasteiger charge is -2.14. The van der Waals surface area contributed by atoms with Gasteiger partial charge in [0.05, 0.1) is 6.04 Å². The first kappa shape index (κ1) is 15.3. The lowest BCUT2D eigenvalue weighted by Crippen LogP contribution is -2.28. The predicted octanol–water partition coefficient (Wildman–Crippen LogP) is 4.74. The molecule has 1 aliphatic rings. The van der Waals surface area contributed by atoms with Crippen molar-refractivity contribution in [3.8, 4) is 0 Å². The average molecular weight is 358 g/mol. The van der Waals surface area contributed by atoms with E-state index in [1.54, 1.807) is 0 Å². The van der Waals surface area contributed by atoms with Crippen molar-refractivity contribution in [2.45, 2.75) is 32.2 Å². The fraction of sp³-hybridized carbons (Fsp3) is 0.316. The summed E-state index contributed by atoms with van der Waals surface area (Å²) in [6.45, 7) is 4.11. The van der Waals surface area contributed by atoms with Crippen LogP contribution >= 0.6 is 15.9 Å². The molecule has 0 aliphatic heterocycles. The number of rotatable bonds is 4. The third-order valence-electron chi connectivity index (χ3n) is 4.36. The van der Waals surface area contributed by atoms with Gasteiger partial charge in [0.2, 0.25) is 5.91 Å². The highest BCUT2D eigenvalue weighted by molar-refractivity contribution is 9.10. The van der Waals surface area contributed by atoms with Gasteiger partial charge >= 0.3 is 0 Å². The fourth-order valence-corrected chi connectivity index (χ4v) is 3.09. The highest BCUT2D eigenvalue weighted by Crippen LogP contribution is 2.47. The molecular weight excluding hydrogens is 338 g/mol. The number of aryl methyl sites for hydroxylation is 1.